The molecule has 0 bridgehead atoms. The number of likely N-dealkylation sites (N-methyl/N-ethyl adjacent to an activating group) is 1. The molecule has 0 radical (unpaired) electrons. The fraction of sp³-hybridized carbons (Fsp3) is 0.600. The van der Waals surface area contributed by atoms with E-state index in [1.54, 1.807) is 17.0 Å². The van der Waals surface area contributed by atoms with Gasteiger partial charge in [-0.3, -0.25) is 14.4 Å². The molecule has 198 valence electrons. The Morgan fingerprint density at radius 3 is 2.56 bits per heavy atom. The topological polar surface area (TPSA) is 123 Å². The van der Waals surface area contributed by atoms with Crippen LogP contribution in [0, 0.1) is 0 Å². The van der Waals surface area contributed by atoms with Crippen molar-refractivity contribution in [1.29, 1.82) is 0 Å². The smallest absolute Gasteiger partial charge is 0.334 e. The van der Waals surface area contributed by atoms with E-state index < -0.39 is 24.2 Å². The Bertz CT molecular complexity index is 913. The number of piperazine rings is 1. The van der Waals surface area contributed by atoms with Crippen molar-refractivity contribution in [2.75, 3.05) is 39.9 Å². The molecule has 0 saturated carbocycles. The molecule has 1 aromatic carbocycles. The number of nitrogens with zero attached hydrogens (tertiary/aromatic N) is 4. The standard InChI is InChI=1S/C25H37N5O6/c1-3-4-14-36-15-8-13-28-17-21-29(20(24(28)34)11-12-23(32)33)22(31)18-27(2)30(21)25(35)26-16-19-9-6-5-7-10-19/h5-7,9-10,20-21H,3-4,8,11-18H2,1-2H3,(H,26,35)(H,32,33)/t20-,21?/m0/s1. The second-order valence-electron chi connectivity index (χ2n) is 9.14. The van der Waals surface area contributed by atoms with Crippen molar-refractivity contribution in [3.8, 4) is 0 Å². The number of ether oxygens (including phenoxy) is 1. The number of hydrogen-bond donors (Lipinski definition) is 2. The van der Waals surface area contributed by atoms with Crippen LogP contribution in [0.25, 0.3) is 0 Å². The molecule has 2 aliphatic rings. The van der Waals surface area contributed by atoms with E-state index in [1.807, 2.05) is 30.3 Å². The average Bonchev–Trinajstić information content (AvgIpc) is 2.85. The lowest BCUT2D eigenvalue weighted by Crippen LogP contribution is -2.76. The van der Waals surface area contributed by atoms with Crippen LogP contribution in [0.15, 0.2) is 30.3 Å². The van der Waals surface area contributed by atoms with Crippen molar-refractivity contribution in [1.82, 2.24) is 25.1 Å². The minimum Gasteiger partial charge on any atom is -0.481 e. The van der Waals surface area contributed by atoms with Crippen LogP contribution in [0.3, 0.4) is 0 Å². The van der Waals surface area contributed by atoms with E-state index in [0.29, 0.717) is 32.7 Å². The molecule has 3 rings (SSSR count). The zero-order valence-corrected chi connectivity index (χ0v) is 21.1. The van der Waals surface area contributed by atoms with E-state index in [4.69, 9.17) is 4.74 Å². The molecule has 1 unspecified atom stereocenters. The minimum atomic E-state index is -1.04. The predicted octanol–water partition coefficient (Wildman–Crippen LogP) is 1.50. The van der Waals surface area contributed by atoms with Crippen molar-refractivity contribution in [2.24, 2.45) is 0 Å². The Hall–Kier alpha value is -3.18. The van der Waals surface area contributed by atoms with Crippen LogP contribution < -0.4 is 5.32 Å². The number of fused-ring (bicyclic) bond motifs is 1. The number of unbranched alkanes of at least 4 members (excludes halogenated alkanes) is 1. The van der Waals surface area contributed by atoms with Crippen molar-refractivity contribution in [3.05, 3.63) is 35.9 Å². The predicted molar refractivity (Wildman–Crippen MR) is 131 cm³/mol. The zero-order valence-electron chi connectivity index (χ0n) is 21.1. The first-order valence-electron chi connectivity index (χ1n) is 12.5. The Morgan fingerprint density at radius 2 is 1.86 bits per heavy atom. The summed E-state index contributed by atoms with van der Waals surface area (Å²) in [6.07, 6.45) is 1.62. The molecule has 2 aliphatic heterocycles. The highest BCUT2D eigenvalue weighted by Gasteiger charge is 2.50. The Morgan fingerprint density at radius 1 is 1.14 bits per heavy atom. The summed E-state index contributed by atoms with van der Waals surface area (Å²) >= 11 is 0. The number of urea groups is 1. The molecular formula is C25H37N5O6. The van der Waals surface area contributed by atoms with Gasteiger partial charge in [-0.15, -0.1) is 0 Å². The summed E-state index contributed by atoms with van der Waals surface area (Å²) in [6, 6.07) is 8.15. The number of hydrazine groups is 1. The summed E-state index contributed by atoms with van der Waals surface area (Å²) in [7, 11) is 1.66. The largest absolute Gasteiger partial charge is 0.481 e. The van der Waals surface area contributed by atoms with Crippen LogP contribution in [-0.2, 0) is 25.7 Å². The number of nitrogens with one attached hydrogen (secondary N) is 1. The second-order valence-corrected chi connectivity index (χ2v) is 9.14. The van der Waals surface area contributed by atoms with Gasteiger partial charge in [0.1, 0.15) is 12.2 Å². The van der Waals surface area contributed by atoms with Crippen molar-refractivity contribution < 1.29 is 29.0 Å². The summed E-state index contributed by atoms with van der Waals surface area (Å²) in [5.74, 6) is -1.63. The summed E-state index contributed by atoms with van der Waals surface area (Å²) in [5.41, 5.74) is 0.932. The van der Waals surface area contributed by atoms with Crippen LogP contribution in [0.1, 0.15) is 44.6 Å². The molecule has 11 nitrogen and oxygen atoms in total. The van der Waals surface area contributed by atoms with Gasteiger partial charge in [0.15, 0.2) is 0 Å². The maximum Gasteiger partial charge on any atom is 0.334 e. The van der Waals surface area contributed by atoms with Gasteiger partial charge in [0.05, 0.1) is 13.1 Å². The van der Waals surface area contributed by atoms with Gasteiger partial charge in [0, 0.05) is 39.8 Å². The van der Waals surface area contributed by atoms with Gasteiger partial charge in [0.25, 0.3) is 0 Å². The van der Waals surface area contributed by atoms with Crippen molar-refractivity contribution in [2.45, 2.75) is 57.8 Å². The first-order chi connectivity index (χ1) is 17.3. The summed E-state index contributed by atoms with van der Waals surface area (Å²) in [4.78, 5) is 54.0. The maximum absolute atomic E-state index is 13.3. The monoisotopic (exact) mass is 503 g/mol. The number of carbonyl (C=O) groups is 4. The molecule has 2 N–H and O–H groups in total. The minimum absolute atomic E-state index is 0.0108. The van der Waals surface area contributed by atoms with Crippen LogP contribution in [0.5, 0.6) is 0 Å². The maximum atomic E-state index is 13.3. The van der Waals surface area contributed by atoms with Gasteiger partial charge in [-0.2, -0.15) is 0 Å². The molecule has 4 amide bonds. The number of aliphatic carboxylic acids is 1. The third-order valence-corrected chi connectivity index (χ3v) is 6.42. The number of carboxylic acid groups (broad SMARTS) is 1. The first kappa shape index (κ1) is 27.4. The quantitative estimate of drug-likeness (QED) is 0.415. The summed E-state index contributed by atoms with van der Waals surface area (Å²) in [6.45, 7) is 4.02. The zero-order chi connectivity index (χ0) is 26.1. The van der Waals surface area contributed by atoms with E-state index in [-0.39, 0.29) is 37.7 Å². The lowest BCUT2D eigenvalue weighted by Gasteiger charge is -2.54. The SMILES string of the molecule is CCCCOCCCN1CC2N(C(=O)CN(C)N2C(=O)NCc2ccccc2)[C@@H](CCC(=O)O)C1=O. The Balaban J connectivity index is 1.76. The second kappa shape index (κ2) is 13.2. The van der Waals surface area contributed by atoms with E-state index in [2.05, 4.69) is 12.2 Å². The molecule has 2 atom stereocenters. The van der Waals surface area contributed by atoms with Gasteiger partial charge >= 0.3 is 12.0 Å². The average molecular weight is 504 g/mol. The molecule has 1 aromatic rings. The van der Waals surface area contributed by atoms with Gasteiger partial charge in [0.2, 0.25) is 11.8 Å². The number of hydrogen-bond acceptors (Lipinski definition) is 6. The lowest BCUT2D eigenvalue weighted by atomic mass is 10.0. The highest BCUT2D eigenvalue weighted by Crippen LogP contribution is 2.28. The molecule has 2 fully saturated rings. The van der Waals surface area contributed by atoms with Gasteiger partial charge < -0.3 is 25.0 Å². The molecule has 2 saturated heterocycles. The van der Waals surface area contributed by atoms with Crippen molar-refractivity contribution >= 4 is 23.8 Å². The molecule has 36 heavy (non-hydrogen) atoms. The molecule has 11 heteroatoms. The normalized spacial score (nSPS) is 20.4. The number of amides is 4. The third-order valence-electron chi connectivity index (χ3n) is 6.42. The van der Waals surface area contributed by atoms with Crippen molar-refractivity contribution in [3.63, 3.8) is 0 Å². The number of carboxylic acids is 1. The summed E-state index contributed by atoms with van der Waals surface area (Å²) in [5, 5.41) is 15.2. The molecule has 0 aliphatic carbocycles. The van der Waals surface area contributed by atoms with Crippen LogP contribution >= 0.6 is 0 Å². The Labute approximate surface area is 211 Å². The lowest BCUT2D eigenvalue weighted by molar-refractivity contribution is -0.187. The van der Waals surface area contributed by atoms with E-state index in [1.165, 1.54) is 9.91 Å². The number of carbonyl (C=O) groups excluding carboxylic acids is 3. The number of rotatable bonds is 12. The van der Waals surface area contributed by atoms with Crippen LogP contribution in [0.4, 0.5) is 4.79 Å². The van der Waals surface area contributed by atoms with E-state index >= 15 is 0 Å². The van der Waals surface area contributed by atoms with Gasteiger partial charge in [-0.1, -0.05) is 43.7 Å². The fourth-order valence-corrected chi connectivity index (χ4v) is 4.60. The van der Waals surface area contributed by atoms with E-state index in [0.717, 1.165) is 18.4 Å². The van der Waals surface area contributed by atoms with Gasteiger partial charge in [-0.25, -0.2) is 14.8 Å². The van der Waals surface area contributed by atoms with Crippen LogP contribution in [-0.4, -0.2) is 101 Å². The Kier molecular flexibility index (Phi) is 10.1. The molecule has 0 spiro atoms. The van der Waals surface area contributed by atoms with E-state index in [9.17, 15) is 24.3 Å². The number of benzene rings is 1. The third kappa shape index (κ3) is 6.94. The fourth-order valence-electron chi connectivity index (χ4n) is 4.60. The highest BCUT2D eigenvalue weighted by molar-refractivity contribution is 5.91. The molecule has 2 heterocycles. The van der Waals surface area contributed by atoms with Gasteiger partial charge in [-0.05, 0) is 24.8 Å². The summed E-state index contributed by atoms with van der Waals surface area (Å²) < 4.78 is 5.62. The highest BCUT2D eigenvalue weighted by atomic mass is 16.5. The molecule has 0 aromatic heterocycles. The molecular weight excluding hydrogens is 466 g/mol. The first-order valence-corrected chi connectivity index (χ1v) is 12.5. The van der Waals surface area contributed by atoms with Crippen LogP contribution in [0.2, 0.25) is 0 Å².